The van der Waals surface area contributed by atoms with Crippen LogP contribution in [0, 0.1) is 0 Å². The molecule has 1 aromatic heterocycles. The molecule has 0 aliphatic heterocycles. The lowest BCUT2D eigenvalue weighted by atomic mass is 10.3. The Morgan fingerprint density at radius 2 is 1.32 bits per heavy atom. The van der Waals surface area contributed by atoms with Gasteiger partial charge in [-0.2, -0.15) is 15.0 Å². The zero-order valence-electron chi connectivity index (χ0n) is 11.1. The number of hydrogen-bond donors (Lipinski definition) is 3. The zero-order valence-corrected chi connectivity index (χ0v) is 11.1. The van der Waals surface area contributed by atoms with Crippen LogP contribution in [-0.4, -0.2) is 28.0 Å². The normalized spacial score (nSPS) is 10.0. The van der Waals surface area contributed by atoms with Crippen molar-refractivity contribution >= 4 is 23.5 Å². The Labute approximate surface area is 112 Å². The van der Waals surface area contributed by atoms with Crippen LogP contribution >= 0.6 is 0 Å². The number of rotatable bonds is 6. The summed E-state index contributed by atoms with van der Waals surface area (Å²) in [5.41, 5.74) is 0.943. The highest BCUT2D eigenvalue weighted by molar-refractivity contribution is 5.55. The molecule has 0 atom stereocenters. The molecule has 1 aromatic carbocycles. The molecule has 6 nitrogen and oxygen atoms in total. The largest absolute Gasteiger partial charge is 0.354 e. The van der Waals surface area contributed by atoms with Crippen LogP contribution in [0.25, 0.3) is 0 Å². The molecule has 6 heteroatoms. The van der Waals surface area contributed by atoms with Gasteiger partial charge in [0.2, 0.25) is 17.8 Å². The lowest BCUT2D eigenvalue weighted by Crippen LogP contribution is -2.10. The van der Waals surface area contributed by atoms with Gasteiger partial charge in [0.15, 0.2) is 0 Å². The van der Waals surface area contributed by atoms with E-state index in [-0.39, 0.29) is 0 Å². The van der Waals surface area contributed by atoms with Crippen LogP contribution in [0.15, 0.2) is 30.3 Å². The highest BCUT2D eigenvalue weighted by Gasteiger charge is 2.05. The van der Waals surface area contributed by atoms with Crippen LogP contribution in [-0.2, 0) is 0 Å². The first-order valence-corrected chi connectivity index (χ1v) is 6.37. The van der Waals surface area contributed by atoms with E-state index < -0.39 is 0 Å². The molecule has 0 saturated carbocycles. The van der Waals surface area contributed by atoms with Crippen molar-refractivity contribution in [1.29, 1.82) is 0 Å². The number of anilines is 4. The molecule has 0 amide bonds. The van der Waals surface area contributed by atoms with Gasteiger partial charge >= 0.3 is 0 Å². The third-order valence-electron chi connectivity index (χ3n) is 2.34. The third kappa shape index (κ3) is 3.80. The summed E-state index contributed by atoms with van der Waals surface area (Å²) in [5.74, 6) is 1.65. The van der Waals surface area contributed by atoms with E-state index in [9.17, 15) is 0 Å². The monoisotopic (exact) mass is 258 g/mol. The number of nitrogens with zero attached hydrogens (tertiary/aromatic N) is 3. The first kappa shape index (κ1) is 13.1. The second-order valence-electron chi connectivity index (χ2n) is 3.86. The molecule has 19 heavy (non-hydrogen) atoms. The average molecular weight is 258 g/mol. The summed E-state index contributed by atoms with van der Waals surface area (Å²) in [5, 5.41) is 9.34. The van der Waals surface area contributed by atoms with E-state index in [4.69, 9.17) is 0 Å². The maximum Gasteiger partial charge on any atom is 0.233 e. The van der Waals surface area contributed by atoms with Gasteiger partial charge in [-0.1, -0.05) is 18.2 Å². The maximum absolute atomic E-state index is 4.32. The lowest BCUT2D eigenvalue weighted by molar-refractivity contribution is 1.00. The number of para-hydroxylation sites is 1. The quantitative estimate of drug-likeness (QED) is 0.739. The van der Waals surface area contributed by atoms with Crippen molar-refractivity contribution in [2.45, 2.75) is 13.8 Å². The predicted molar refractivity (Wildman–Crippen MR) is 77.9 cm³/mol. The molecule has 0 fully saturated rings. The fraction of sp³-hybridized carbons (Fsp3) is 0.308. The second-order valence-corrected chi connectivity index (χ2v) is 3.86. The topological polar surface area (TPSA) is 74.8 Å². The Morgan fingerprint density at radius 1 is 0.789 bits per heavy atom. The molecule has 0 saturated heterocycles. The van der Waals surface area contributed by atoms with Crippen molar-refractivity contribution in [3.8, 4) is 0 Å². The molecule has 1 heterocycles. The van der Waals surface area contributed by atoms with Crippen LogP contribution in [0.5, 0.6) is 0 Å². The van der Waals surface area contributed by atoms with E-state index in [0.717, 1.165) is 18.8 Å². The first-order valence-electron chi connectivity index (χ1n) is 6.37. The molecule has 2 rings (SSSR count). The lowest BCUT2D eigenvalue weighted by Gasteiger charge is -2.09. The van der Waals surface area contributed by atoms with Gasteiger partial charge in [0.25, 0.3) is 0 Å². The number of hydrogen-bond acceptors (Lipinski definition) is 6. The highest BCUT2D eigenvalue weighted by atomic mass is 15.3. The number of nitrogens with one attached hydrogen (secondary N) is 3. The summed E-state index contributed by atoms with van der Waals surface area (Å²) in [7, 11) is 0. The standard InChI is InChI=1S/C13H18N6/c1-3-14-11-17-12(15-4-2)19-13(18-11)16-10-8-6-5-7-9-10/h5-9H,3-4H2,1-2H3,(H3,14,15,16,17,18,19). The van der Waals surface area contributed by atoms with Gasteiger partial charge in [-0.15, -0.1) is 0 Å². The predicted octanol–water partition coefficient (Wildman–Crippen LogP) is 2.48. The van der Waals surface area contributed by atoms with Crippen molar-refractivity contribution in [1.82, 2.24) is 15.0 Å². The van der Waals surface area contributed by atoms with Crippen LogP contribution in [0.1, 0.15) is 13.8 Å². The van der Waals surface area contributed by atoms with Gasteiger partial charge in [0.05, 0.1) is 0 Å². The molecule has 0 aliphatic carbocycles. The number of benzene rings is 1. The summed E-state index contributed by atoms with van der Waals surface area (Å²) in [6.07, 6.45) is 0. The molecular weight excluding hydrogens is 240 g/mol. The van der Waals surface area contributed by atoms with Crippen molar-refractivity contribution in [2.24, 2.45) is 0 Å². The van der Waals surface area contributed by atoms with Crippen LogP contribution in [0.4, 0.5) is 23.5 Å². The van der Waals surface area contributed by atoms with Gasteiger partial charge in [0, 0.05) is 18.8 Å². The molecule has 100 valence electrons. The molecule has 0 spiro atoms. The third-order valence-corrected chi connectivity index (χ3v) is 2.34. The molecule has 0 bridgehead atoms. The van der Waals surface area contributed by atoms with Crippen LogP contribution in [0.2, 0.25) is 0 Å². The average Bonchev–Trinajstić information content (AvgIpc) is 2.40. The van der Waals surface area contributed by atoms with E-state index >= 15 is 0 Å². The smallest absolute Gasteiger partial charge is 0.233 e. The van der Waals surface area contributed by atoms with Gasteiger partial charge in [-0.3, -0.25) is 0 Å². The fourth-order valence-electron chi connectivity index (χ4n) is 1.56. The molecule has 0 aliphatic rings. The van der Waals surface area contributed by atoms with Gasteiger partial charge in [-0.05, 0) is 26.0 Å². The Bertz CT molecular complexity index is 490. The highest BCUT2D eigenvalue weighted by Crippen LogP contribution is 2.15. The van der Waals surface area contributed by atoms with Crippen molar-refractivity contribution in [3.05, 3.63) is 30.3 Å². The minimum Gasteiger partial charge on any atom is -0.354 e. The summed E-state index contributed by atoms with van der Waals surface area (Å²) in [6, 6.07) is 9.81. The maximum atomic E-state index is 4.32. The van der Waals surface area contributed by atoms with E-state index in [1.807, 2.05) is 44.2 Å². The van der Waals surface area contributed by atoms with E-state index in [1.54, 1.807) is 0 Å². The fourth-order valence-corrected chi connectivity index (χ4v) is 1.56. The summed E-state index contributed by atoms with van der Waals surface area (Å²) in [6.45, 7) is 5.53. The molecule has 0 unspecified atom stereocenters. The van der Waals surface area contributed by atoms with Gasteiger partial charge < -0.3 is 16.0 Å². The van der Waals surface area contributed by atoms with Crippen molar-refractivity contribution in [2.75, 3.05) is 29.0 Å². The van der Waals surface area contributed by atoms with Gasteiger partial charge in [0.1, 0.15) is 0 Å². The number of aromatic nitrogens is 3. The molecule has 3 N–H and O–H groups in total. The van der Waals surface area contributed by atoms with Crippen LogP contribution < -0.4 is 16.0 Å². The second kappa shape index (κ2) is 6.53. The molecular formula is C13H18N6. The van der Waals surface area contributed by atoms with Crippen molar-refractivity contribution in [3.63, 3.8) is 0 Å². The van der Waals surface area contributed by atoms with Gasteiger partial charge in [-0.25, -0.2) is 0 Å². The Kier molecular flexibility index (Phi) is 4.49. The summed E-state index contributed by atoms with van der Waals surface area (Å²) in [4.78, 5) is 12.9. The Balaban J connectivity index is 2.23. The minimum atomic E-state index is 0.521. The van der Waals surface area contributed by atoms with E-state index in [0.29, 0.717) is 17.8 Å². The Morgan fingerprint density at radius 3 is 1.84 bits per heavy atom. The van der Waals surface area contributed by atoms with E-state index in [2.05, 4.69) is 30.9 Å². The summed E-state index contributed by atoms with van der Waals surface area (Å²) >= 11 is 0. The van der Waals surface area contributed by atoms with Crippen LogP contribution in [0.3, 0.4) is 0 Å². The first-order chi connectivity index (χ1) is 9.31. The minimum absolute atomic E-state index is 0.521. The summed E-state index contributed by atoms with van der Waals surface area (Å²) < 4.78 is 0. The van der Waals surface area contributed by atoms with E-state index in [1.165, 1.54) is 0 Å². The zero-order chi connectivity index (χ0) is 13.5. The Hall–Kier alpha value is -2.37. The van der Waals surface area contributed by atoms with Crippen molar-refractivity contribution < 1.29 is 0 Å². The SMILES string of the molecule is CCNc1nc(NCC)nc(Nc2ccccc2)n1. The molecule has 0 radical (unpaired) electrons. The molecule has 2 aromatic rings.